The number of aryl methyl sites for hydroxylation is 1. The van der Waals surface area contributed by atoms with Crippen molar-refractivity contribution >= 4 is 65.5 Å². The van der Waals surface area contributed by atoms with E-state index in [0.29, 0.717) is 11.2 Å². The van der Waals surface area contributed by atoms with E-state index in [4.69, 9.17) is 58.3 Å². The van der Waals surface area contributed by atoms with E-state index in [2.05, 4.69) is 39.9 Å². The van der Waals surface area contributed by atoms with Crippen molar-refractivity contribution in [1.29, 1.82) is 0 Å². The number of nitrogens with zero attached hydrogens (tertiary/aromatic N) is 9. The number of hydrogen-bond acceptors (Lipinski definition) is 16. The molecule has 0 aromatic carbocycles. The van der Waals surface area contributed by atoms with Crippen molar-refractivity contribution in [3.05, 3.63) is 75.7 Å². The fraction of sp³-hybridized carbons (Fsp3) is 0.558. The van der Waals surface area contributed by atoms with Gasteiger partial charge < -0.3 is 23.5 Å². The predicted octanol–water partition coefficient (Wildman–Crippen LogP) is 10.8. The minimum absolute atomic E-state index is 0. The Morgan fingerprint density at radius 3 is 1.46 bits per heavy atom. The van der Waals surface area contributed by atoms with Crippen molar-refractivity contribution in [1.82, 2.24) is 44.8 Å². The number of rotatable bonds is 7. The highest BCUT2D eigenvalue weighted by Crippen LogP contribution is 2.36. The number of amides is 2. The van der Waals surface area contributed by atoms with Crippen LogP contribution in [-0.2, 0) is 53.6 Å². The summed E-state index contributed by atoms with van der Waals surface area (Å²) in [4.78, 5) is 66.1. The standard InChI is InChI=1S/C16H16ClF3N4O2.C15H21Cl2N3O4.C11H14BF3N2O2.CH4/c1-15(2,3)26-12(25)5-4-10-6-11(24-14(17)23-10)9-7-21-13(22-8-9)16(18,19)20;1-14(2,3)23-12(21)20(13(22)24-15(4,5)6)8-9-7-10(16)19-11(17)18-9;1-9(2)10(3,4)19-12(18-9)7-5-16-8(17-6-7)11(13,14)15;/h6-8H,4-5H2,1-3H3;7H,8H2,1-6H3;5-6H,1-4H3;1H4. The second kappa shape index (κ2) is 23.5. The highest BCUT2D eigenvalue weighted by molar-refractivity contribution is 6.61. The molecular formula is C43H55BCl3F6N9O8. The van der Waals surface area contributed by atoms with Gasteiger partial charge in [0, 0.05) is 47.9 Å². The van der Waals surface area contributed by atoms with Gasteiger partial charge in [0.05, 0.1) is 35.6 Å². The van der Waals surface area contributed by atoms with Crippen molar-refractivity contribution < 1.29 is 64.2 Å². The van der Waals surface area contributed by atoms with E-state index in [-0.39, 0.29) is 59.5 Å². The second-order valence-electron chi connectivity index (χ2n) is 18.8. The SMILES string of the molecule is C.CC(C)(C)OC(=O)CCc1cc(-c2cnc(C(F)(F)F)nc2)nc(Cl)n1.CC(C)(C)OC(=O)N(Cc1cc(Cl)nc(Cl)n1)C(=O)OC(C)(C)C.CC1(C)OB(c2cnc(C(F)(F)F)nc2)OC1(C)C. The number of ether oxygens (including phenoxy) is 3. The molecule has 0 saturated carbocycles. The van der Waals surface area contributed by atoms with E-state index in [1.54, 1.807) is 62.3 Å². The van der Waals surface area contributed by atoms with Crippen LogP contribution in [0.4, 0.5) is 35.9 Å². The molecule has 0 aliphatic carbocycles. The molecule has 0 radical (unpaired) electrons. The van der Waals surface area contributed by atoms with Crippen molar-refractivity contribution in [2.75, 3.05) is 0 Å². The first-order valence-corrected chi connectivity index (χ1v) is 21.7. The maximum atomic E-state index is 12.5. The van der Waals surface area contributed by atoms with E-state index >= 15 is 0 Å². The first kappa shape index (κ1) is 61.1. The third-order valence-electron chi connectivity index (χ3n) is 8.68. The van der Waals surface area contributed by atoms with Crippen LogP contribution in [0.15, 0.2) is 36.9 Å². The van der Waals surface area contributed by atoms with Crippen LogP contribution in [-0.4, -0.2) is 98.1 Å². The first-order chi connectivity index (χ1) is 31.2. The van der Waals surface area contributed by atoms with Gasteiger partial charge in [0.1, 0.15) is 22.0 Å². The number of imide groups is 1. The van der Waals surface area contributed by atoms with Crippen LogP contribution in [0.2, 0.25) is 15.7 Å². The monoisotopic (exact) mass is 1060 g/mol. The maximum absolute atomic E-state index is 12.5. The fourth-order valence-corrected chi connectivity index (χ4v) is 5.72. The molecule has 0 atom stereocenters. The summed E-state index contributed by atoms with van der Waals surface area (Å²) >= 11 is 17.4. The molecule has 1 aliphatic heterocycles. The summed E-state index contributed by atoms with van der Waals surface area (Å²) in [6.45, 7) is 22.6. The Labute approximate surface area is 417 Å². The average Bonchev–Trinajstić information content (AvgIpc) is 3.39. The summed E-state index contributed by atoms with van der Waals surface area (Å²) in [6, 6.07) is 2.91. The zero-order chi connectivity index (χ0) is 52.7. The van der Waals surface area contributed by atoms with Gasteiger partial charge in [0.25, 0.3) is 0 Å². The highest BCUT2D eigenvalue weighted by atomic mass is 35.5. The lowest BCUT2D eigenvalue weighted by Crippen LogP contribution is -2.43. The molecule has 4 aromatic heterocycles. The lowest BCUT2D eigenvalue weighted by molar-refractivity contribution is -0.154. The number of aromatic nitrogens is 8. The second-order valence-corrected chi connectivity index (χ2v) is 19.9. The molecule has 5 heterocycles. The van der Waals surface area contributed by atoms with Gasteiger partial charge in [0.15, 0.2) is 0 Å². The number of carbonyl (C=O) groups excluding carboxylic acids is 3. The van der Waals surface area contributed by atoms with Gasteiger partial charge in [-0.2, -0.15) is 26.3 Å². The Hall–Kier alpha value is -5.04. The quantitative estimate of drug-likeness (QED) is 0.0422. The number of alkyl halides is 6. The van der Waals surface area contributed by atoms with E-state index < -0.39 is 77.3 Å². The lowest BCUT2D eigenvalue weighted by Gasteiger charge is -2.32. The largest absolute Gasteiger partial charge is 0.498 e. The van der Waals surface area contributed by atoms with E-state index in [1.165, 1.54) is 12.1 Å². The van der Waals surface area contributed by atoms with Gasteiger partial charge in [0.2, 0.25) is 22.2 Å². The third-order valence-corrected chi connectivity index (χ3v) is 9.21. The smallest absolute Gasteiger partial charge is 0.460 e. The molecule has 70 heavy (non-hydrogen) atoms. The van der Waals surface area contributed by atoms with Crippen molar-refractivity contribution in [3.63, 3.8) is 0 Å². The summed E-state index contributed by atoms with van der Waals surface area (Å²) in [6.07, 6.45) is -6.40. The summed E-state index contributed by atoms with van der Waals surface area (Å²) < 4.78 is 102. The minimum Gasteiger partial charge on any atom is -0.460 e. The predicted molar refractivity (Wildman–Crippen MR) is 247 cm³/mol. The summed E-state index contributed by atoms with van der Waals surface area (Å²) in [7, 11) is -0.757. The van der Waals surface area contributed by atoms with E-state index in [0.717, 1.165) is 29.7 Å². The Balaban J connectivity index is 0.000000362. The molecule has 2 amide bonds. The molecule has 1 aliphatic rings. The average molecular weight is 1060 g/mol. The Bertz CT molecular complexity index is 2350. The first-order valence-electron chi connectivity index (χ1n) is 20.6. The van der Waals surface area contributed by atoms with Crippen LogP contribution in [0.3, 0.4) is 0 Å². The summed E-state index contributed by atoms with van der Waals surface area (Å²) in [5, 5.41) is -0.0919. The van der Waals surface area contributed by atoms with Gasteiger partial charge in [-0.15, -0.1) is 0 Å². The number of hydrogen-bond donors (Lipinski definition) is 0. The van der Waals surface area contributed by atoms with Gasteiger partial charge in [-0.1, -0.05) is 19.0 Å². The van der Waals surface area contributed by atoms with Crippen LogP contribution in [0.5, 0.6) is 0 Å². The molecular weight excluding hydrogens is 1000 g/mol. The lowest BCUT2D eigenvalue weighted by atomic mass is 9.81. The molecule has 1 fully saturated rings. The van der Waals surface area contributed by atoms with Gasteiger partial charge in [-0.05, 0) is 125 Å². The normalized spacial score (nSPS) is 14.5. The highest BCUT2D eigenvalue weighted by Gasteiger charge is 2.52. The zero-order valence-electron chi connectivity index (χ0n) is 39.9. The topological polar surface area (TPSA) is 204 Å². The van der Waals surface area contributed by atoms with Crippen LogP contribution in [0.1, 0.15) is 127 Å². The molecule has 27 heteroatoms. The van der Waals surface area contributed by atoms with Crippen molar-refractivity contribution in [3.8, 4) is 11.3 Å². The van der Waals surface area contributed by atoms with Crippen molar-refractivity contribution in [2.24, 2.45) is 0 Å². The number of esters is 1. The number of halogens is 9. The minimum atomic E-state index is -4.62. The van der Waals surface area contributed by atoms with Gasteiger partial charge >= 0.3 is 37.6 Å². The third kappa shape index (κ3) is 20.0. The van der Waals surface area contributed by atoms with E-state index in [9.17, 15) is 40.7 Å². The summed E-state index contributed by atoms with van der Waals surface area (Å²) in [5.41, 5.74) is -1.66. The van der Waals surface area contributed by atoms with Crippen LogP contribution in [0.25, 0.3) is 11.3 Å². The molecule has 0 spiro atoms. The number of carbonyl (C=O) groups is 3. The Morgan fingerprint density at radius 1 is 0.629 bits per heavy atom. The van der Waals surface area contributed by atoms with Crippen LogP contribution in [0, 0.1) is 0 Å². The van der Waals surface area contributed by atoms with Crippen LogP contribution >= 0.6 is 34.8 Å². The molecule has 4 aromatic rings. The molecule has 0 unspecified atom stereocenters. The molecule has 0 bridgehead atoms. The Morgan fingerprint density at radius 2 is 1.04 bits per heavy atom. The molecule has 5 rings (SSSR count). The van der Waals surface area contributed by atoms with Crippen LogP contribution < -0.4 is 5.46 Å². The Kier molecular flexibility index (Phi) is 20.5. The fourth-order valence-electron chi connectivity index (χ4n) is 5.07. The molecule has 0 N–H and O–H groups in total. The van der Waals surface area contributed by atoms with Gasteiger partial charge in [-0.3, -0.25) is 4.79 Å². The van der Waals surface area contributed by atoms with Crippen molar-refractivity contribution in [2.45, 2.75) is 157 Å². The molecule has 17 nitrogen and oxygen atoms in total. The maximum Gasteiger partial charge on any atom is 0.498 e. The van der Waals surface area contributed by atoms with Gasteiger partial charge in [-0.25, -0.2) is 54.4 Å². The molecule has 1 saturated heterocycles. The van der Waals surface area contributed by atoms with E-state index in [1.807, 2.05) is 27.7 Å². The summed E-state index contributed by atoms with van der Waals surface area (Å²) in [5.74, 6) is -2.81. The zero-order valence-corrected chi connectivity index (χ0v) is 42.1. The molecule has 386 valence electrons.